The quantitative estimate of drug-likeness (QED) is 0.394. The molecule has 154 valence electrons. The molecule has 0 amide bonds. The molecular formula is C20H24BrN5O2S. The molecule has 0 spiro atoms. The Balaban J connectivity index is 1.66. The predicted molar refractivity (Wildman–Crippen MR) is 119 cm³/mol. The van der Waals surface area contributed by atoms with Crippen molar-refractivity contribution in [1.29, 1.82) is 0 Å². The van der Waals surface area contributed by atoms with Crippen LogP contribution in [0.4, 0.5) is 5.82 Å². The molecule has 4 rings (SSSR count). The van der Waals surface area contributed by atoms with Crippen LogP contribution in [0, 0.1) is 0 Å². The first-order valence-corrected chi connectivity index (χ1v) is 11.4. The second kappa shape index (κ2) is 8.89. The van der Waals surface area contributed by atoms with Crippen molar-refractivity contribution in [2.45, 2.75) is 24.3 Å². The first-order valence-electron chi connectivity index (χ1n) is 9.62. The summed E-state index contributed by atoms with van der Waals surface area (Å²) in [4.78, 5) is 16.8. The fourth-order valence-electron chi connectivity index (χ4n) is 3.40. The number of methoxy groups -OCH3 is 1. The Morgan fingerprint density at radius 2 is 2.00 bits per heavy atom. The van der Waals surface area contributed by atoms with Crippen molar-refractivity contribution in [3.63, 3.8) is 0 Å². The van der Waals surface area contributed by atoms with E-state index in [-0.39, 0.29) is 0 Å². The Morgan fingerprint density at radius 3 is 2.69 bits per heavy atom. The summed E-state index contributed by atoms with van der Waals surface area (Å²) < 4.78 is 13.9. The fourth-order valence-corrected chi connectivity index (χ4v) is 4.76. The molecule has 29 heavy (non-hydrogen) atoms. The number of rotatable bonds is 6. The minimum absolute atomic E-state index is 0.710. The Labute approximate surface area is 183 Å². The van der Waals surface area contributed by atoms with Gasteiger partial charge in [-0.2, -0.15) is 0 Å². The summed E-state index contributed by atoms with van der Waals surface area (Å²) >= 11 is 5.19. The van der Waals surface area contributed by atoms with Gasteiger partial charge in [0.15, 0.2) is 22.1 Å². The van der Waals surface area contributed by atoms with Crippen molar-refractivity contribution >= 4 is 44.7 Å². The minimum Gasteiger partial charge on any atom is -0.496 e. The van der Waals surface area contributed by atoms with E-state index in [4.69, 9.17) is 24.4 Å². The summed E-state index contributed by atoms with van der Waals surface area (Å²) in [6.07, 6.45) is 0.859. The van der Waals surface area contributed by atoms with E-state index in [0.29, 0.717) is 13.2 Å². The van der Waals surface area contributed by atoms with Crippen LogP contribution in [0.5, 0.6) is 5.75 Å². The second-order valence-corrected chi connectivity index (χ2v) is 8.60. The van der Waals surface area contributed by atoms with Crippen molar-refractivity contribution in [1.82, 2.24) is 19.5 Å². The highest BCUT2D eigenvalue weighted by atomic mass is 79.9. The van der Waals surface area contributed by atoms with Crippen molar-refractivity contribution in [3.8, 4) is 5.75 Å². The van der Waals surface area contributed by atoms with Crippen LogP contribution in [-0.4, -0.2) is 52.9 Å². The number of ether oxygens (including phenoxy) is 2. The van der Waals surface area contributed by atoms with Crippen LogP contribution in [0.3, 0.4) is 0 Å². The molecule has 2 aromatic heterocycles. The number of thioether (sulfide) groups is 1. The number of fused-ring (bicyclic) bond motifs is 1. The van der Waals surface area contributed by atoms with E-state index in [2.05, 4.69) is 44.5 Å². The zero-order chi connectivity index (χ0) is 20.4. The number of nitrogens with zero attached hydrogens (tertiary/aromatic N) is 5. The molecule has 3 heterocycles. The Kier molecular flexibility index (Phi) is 6.26. The second-order valence-electron chi connectivity index (χ2n) is 6.80. The van der Waals surface area contributed by atoms with E-state index >= 15 is 0 Å². The van der Waals surface area contributed by atoms with E-state index in [9.17, 15) is 0 Å². The van der Waals surface area contributed by atoms with E-state index in [0.717, 1.165) is 63.4 Å². The fraction of sp³-hybridized carbons (Fsp3) is 0.450. The molecule has 0 atom stereocenters. The van der Waals surface area contributed by atoms with Gasteiger partial charge >= 0.3 is 0 Å². The van der Waals surface area contributed by atoms with E-state index in [1.54, 1.807) is 18.9 Å². The third kappa shape index (κ3) is 4.22. The van der Waals surface area contributed by atoms with Gasteiger partial charge < -0.3 is 18.9 Å². The normalized spacial score (nSPS) is 14.6. The molecule has 9 heteroatoms. The Bertz CT molecular complexity index is 1020. The molecule has 0 unspecified atom stereocenters. The summed E-state index contributed by atoms with van der Waals surface area (Å²) in [5, 5.41) is 0.761. The van der Waals surface area contributed by atoms with Gasteiger partial charge in [-0.15, -0.1) is 0 Å². The van der Waals surface area contributed by atoms with Gasteiger partial charge in [-0.05, 0) is 33.6 Å². The maximum absolute atomic E-state index is 5.52. The number of anilines is 1. The predicted octanol–water partition coefficient (Wildman–Crippen LogP) is 3.83. The topological polar surface area (TPSA) is 65.3 Å². The largest absolute Gasteiger partial charge is 0.496 e. The lowest BCUT2D eigenvalue weighted by Crippen LogP contribution is -2.37. The lowest BCUT2D eigenvalue weighted by Gasteiger charge is -2.28. The number of aryl methyl sites for hydroxylation is 2. The van der Waals surface area contributed by atoms with Gasteiger partial charge in [-0.3, -0.25) is 0 Å². The number of morpholine rings is 1. The third-order valence-electron chi connectivity index (χ3n) is 4.98. The van der Waals surface area contributed by atoms with Crippen molar-refractivity contribution in [2.75, 3.05) is 38.3 Å². The lowest BCUT2D eigenvalue weighted by molar-refractivity contribution is 0.122. The summed E-state index contributed by atoms with van der Waals surface area (Å²) in [5.74, 6) is 3.53. The van der Waals surface area contributed by atoms with Gasteiger partial charge in [0.2, 0.25) is 0 Å². The molecule has 1 aliphatic rings. The van der Waals surface area contributed by atoms with Gasteiger partial charge in [-0.25, -0.2) is 15.0 Å². The molecule has 0 radical (unpaired) electrons. The molecule has 3 aromatic rings. The zero-order valence-corrected chi connectivity index (χ0v) is 19.2. The van der Waals surface area contributed by atoms with Crippen molar-refractivity contribution in [3.05, 3.63) is 34.1 Å². The van der Waals surface area contributed by atoms with Crippen LogP contribution in [0.1, 0.15) is 18.3 Å². The number of hydrogen-bond donors (Lipinski definition) is 0. The molecule has 1 fully saturated rings. The van der Waals surface area contributed by atoms with Crippen LogP contribution in [-0.2, 0) is 24.0 Å². The SMILES string of the molecule is CCc1nc2c(N3CCOCC3)nc(SCc3ccc(OC)c(Br)c3)nc2n1C. The molecule has 1 aliphatic heterocycles. The van der Waals surface area contributed by atoms with Gasteiger partial charge in [-0.1, -0.05) is 24.8 Å². The molecule has 7 nitrogen and oxygen atoms in total. The van der Waals surface area contributed by atoms with Crippen LogP contribution in [0.15, 0.2) is 27.8 Å². The molecule has 0 bridgehead atoms. The molecule has 0 saturated carbocycles. The minimum atomic E-state index is 0.710. The average molecular weight is 478 g/mol. The van der Waals surface area contributed by atoms with E-state index in [1.165, 1.54) is 5.56 Å². The molecule has 1 saturated heterocycles. The number of hydrogen-bond acceptors (Lipinski definition) is 7. The standard InChI is InChI=1S/C20H24BrN5O2S/c1-4-16-22-17-18(25(16)2)23-20(24-19(17)26-7-9-28-10-8-26)29-12-13-5-6-15(27-3)14(21)11-13/h5-6,11H,4,7-10,12H2,1-3H3. The smallest absolute Gasteiger partial charge is 0.191 e. The lowest BCUT2D eigenvalue weighted by atomic mass is 10.2. The van der Waals surface area contributed by atoms with E-state index in [1.807, 2.05) is 13.1 Å². The maximum atomic E-state index is 5.52. The van der Waals surface area contributed by atoms with Gasteiger partial charge in [0.05, 0.1) is 24.8 Å². The highest BCUT2D eigenvalue weighted by molar-refractivity contribution is 9.10. The molecule has 0 N–H and O–H groups in total. The molecule has 0 aliphatic carbocycles. The number of imidazole rings is 1. The highest BCUT2D eigenvalue weighted by Gasteiger charge is 2.21. The first-order chi connectivity index (χ1) is 14.1. The van der Waals surface area contributed by atoms with E-state index < -0.39 is 0 Å². The van der Waals surface area contributed by atoms with Gasteiger partial charge in [0, 0.05) is 32.3 Å². The average Bonchev–Trinajstić information content (AvgIpc) is 3.08. The highest BCUT2D eigenvalue weighted by Crippen LogP contribution is 2.31. The molecular weight excluding hydrogens is 454 g/mol. The summed E-state index contributed by atoms with van der Waals surface area (Å²) in [6.45, 7) is 5.17. The first kappa shape index (κ1) is 20.4. The Hall–Kier alpha value is -1.84. The number of halogens is 1. The summed E-state index contributed by atoms with van der Waals surface area (Å²) in [5.41, 5.74) is 2.94. The molecule has 1 aromatic carbocycles. The monoisotopic (exact) mass is 477 g/mol. The summed E-state index contributed by atoms with van der Waals surface area (Å²) in [6, 6.07) is 6.11. The summed E-state index contributed by atoms with van der Waals surface area (Å²) in [7, 11) is 3.70. The maximum Gasteiger partial charge on any atom is 0.191 e. The van der Waals surface area contributed by atoms with Gasteiger partial charge in [0.1, 0.15) is 11.6 Å². The van der Waals surface area contributed by atoms with Crippen molar-refractivity contribution < 1.29 is 9.47 Å². The van der Waals surface area contributed by atoms with Crippen LogP contribution in [0.25, 0.3) is 11.2 Å². The number of benzene rings is 1. The number of aromatic nitrogens is 4. The zero-order valence-electron chi connectivity index (χ0n) is 16.8. The van der Waals surface area contributed by atoms with Gasteiger partial charge in [0.25, 0.3) is 0 Å². The Morgan fingerprint density at radius 1 is 1.21 bits per heavy atom. The van der Waals surface area contributed by atoms with Crippen molar-refractivity contribution in [2.24, 2.45) is 7.05 Å². The van der Waals surface area contributed by atoms with Crippen LogP contribution < -0.4 is 9.64 Å². The van der Waals surface area contributed by atoms with Crippen LogP contribution >= 0.6 is 27.7 Å². The van der Waals surface area contributed by atoms with Crippen LogP contribution in [0.2, 0.25) is 0 Å². The third-order valence-corrected chi connectivity index (χ3v) is 6.52.